The highest BCUT2D eigenvalue weighted by atomic mass is 16.3. The van der Waals surface area contributed by atoms with Crippen LogP contribution in [0, 0.1) is 23.2 Å². The maximum Gasteiger partial charge on any atom is 0.155 e. The van der Waals surface area contributed by atoms with E-state index in [0.29, 0.717) is 24.5 Å². The molecule has 0 aromatic heterocycles. The Bertz CT molecular complexity index is 549. The lowest BCUT2D eigenvalue weighted by molar-refractivity contribution is -0.161. The molecule has 3 saturated carbocycles. The van der Waals surface area contributed by atoms with Gasteiger partial charge in [0.1, 0.15) is 5.78 Å². The van der Waals surface area contributed by atoms with Crippen LogP contribution in [0.4, 0.5) is 0 Å². The Morgan fingerprint density at radius 3 is 2.62 bits per heavy atom. The Morgan fingerprint density at radius 1 is 1.05 bits per heavy atom. The molecule has 21 heavy (non-hydrogen) atoms. The molecule has 3 nitrogen and oxygen atoms in total. The Morgan fingerprint density at radius 2 is 1.81 bits per heavy atom. The van der Waals surface area contributed by atoms with Crippen LogP contribution in [0.25, 0.3) is 0 Å². The van der Waals surface area contributed by atoms with Crippen molar-refractivity contribution in [3.63, 3.8) is 0 Å². The summed E-state index contributed by atoms with van der Waals surface area (Å²) in [5.74, 6) is 1.39. The molecule has 4 aliphatic carbocycles. The number of ketones is 2. The molecule has 0 aromatic carbocycles. The van der Waals surface area contributed by atoms with Gasteiger partial charge in [0.25, 0.3) is 0 Å². The average molecular weight is 288 g/mol. The third-order valence-electron chi connectivity index (χ3n) is 7.13. The minimum atomic E-state index is -0.667. The lowest BCUT2D eigenvalue weighted by Crippen LogP contribution is -2.58. The van der Waals surface area contributed by atoms with Crippen LogP contribution >= 0.6 is 0 Å². The lowest BCUT2D eigenvalue weighted by Gasteiger charge is -2.57. The van der Waals surface area contributed by atoms with Crippen molar-refractivity contribution in [1.29, 1.82) is 0 Å². The van der Waals surface area contributed by atoms with Crippen molar-refractivity contribution in [2.75, 3.05) is 0 Å². The second-order valence-corrected chi connectivity index (χ2v) is 7.90. The molecule has 114 valence electrons. The fourth-order valence-corrected chi connectivity index (χ4v) is 5.94. The smallest absolute Gasteiger partial charge is 0.155 e. The van der Waals surface area contributed by atoms with Gasteiger partial charge in [-0.25, -0.2) is 0 Å². The first-order chi connectivity index (χ1) is 9.95. The molecule has 0 spiro atoms. The highest BCUT2D eigenvalue weighted by Gasteiger charge is 2.61. The van der Waals surface area contributed by atoms with E-state index in [1.54, 1.807) is 6.08 Å². The summed E-state index contributed by atoms with van der Waals surface area (Å²) < 4.78 is 0. The summed E-state index contributed by atoms with van der Waals surface area (Å²) in [5.41, 5.74) is 0.320. The molecule has 1 N–H and O–H groups in total. The van der Waals surface area contributed by atoms with Crippen LogP contribution in [-0.2, 0) is 9.59 Å². The van der Waals surface area contributed by atoms with E-state index in [0.717, 1.165) is 38.5 Å². The number of hydrogen-bond acceptors (Lipinski definition) is 3. The van der Waals surface area contributed by atoms with Crippen LogP contribution in [0.5, 0.6) is 0 Å². The molecule has 1 unspecified atom stereocenters. The van der Waals surface area contributed by atoms with Crippen molar-refractivity contribution < 1.29 is 14.7 Å². The van der Waals surface area contributed by atoms with Gasteiger partial charge in [-0.1, -0.05) is 12.5 Å². The van der Waals surface area contributed by atoms with Gasteiger partial charge in [-0.3, -0.25) is 9.59 Å². The topological polar surface area (TPSA) is 54.4 Å². The highest BCUT2D eigenvalue weighted by Crippen LogP contribution is 2.62. The first-order valence-corrected chi connectivity index (χ1v) is 8.44. The highest BCUT2D eigenvalue weighted by molar-refractivity contribution is 5.91. The standard InChI is InChI=1S/C18H24O3/c1-17-8-9-18(21)13-5-3-12(19)10-11(13)2-4-15(18)14(17)6-7-16(17)20/h10,13-15,21H,2-9H2,1H3/t13-,14-,15-,17-,18?/m0/s1. The van der Waals surface area contributed by atoms with Crippen molar-refractivity contribution in [3.8, 4) is 0 Å². The predicted octanol–water partition coefficient (Wildman–Crippen LogP) is 2.81. The zero-order valence-corrected chi connectivity index (χ0v) is 12.7. The predicted molar refractivity (Wildman–Crippen MR) is 78.6 cm³/mol. The Balaban J connectivity index is 1.72. The molecule has 0 heterocycles. The molecule has 0 aliphatic heterocycles. The third kappa shape index (κ3) is 1.70. The zero-order chi connectivity index (χ0) is 14.8. The molecule has 5 atom stereocenters. The zero-order valence-electron chi connectivity index (χ0n) is 12.7. The SMILES string of the molecule is C[C@]12CCC3(O)[C@H]4CCC(=O)C=C4CC[C@H]3[C@@H]1CCC2=O. The van der Waals surface area contributed by atoms with E-state index in [9.17, 15) is 14.7 Å². The van der Waals surface area contributed by atoms with E-state index in [2.05, 4.69) is 6.92 Å². The van der Waals surface area contributed by atoms with E-state index in [4.69, 9.17) is 0 Å². The summed E-state index contributed by atoms with van der Waals surface area (Å²) >= 11 is 0. The minimum absolute atomic E-state index is 0.161. The molecule has 3 fully saturated rings. The minimum Gasteiger partial charge on any atom is -0.389 e. The van der Waals surface area contributed by atoms with Crippen molar-refractivity contribution in [2.24, 2.45) is 23.2 Å². The Labute approximate surface area is 125 Å². The summed E-state index contributed by atoms with van der Waals surface area (Å²) in [6, 6.07) is 0. The third-order valence-corrected chi connectivity index (χ3v) is 7.13. The van der Waals surface area contributed by atoms with Crippen LogP contribution in [0.15, 0.2) is 11.6 Å². The molecule has 3 heteroatoms. The summed E-state index contributed by atoms with van der Waals surface area (Å²) in [7, 11) is 0. The number of fused-ring (bicyclic) bond motifs is 5. The van der Waals surface area contributed by atoms with Gasteiger partial charge in [-0.15, -0.1) is 0 Å². The average Bonchev–Trinajstić information content (AvgIpc) is 2.75. The fourth-order valence-electron chi connectivity index (χ4n) is 5.94. The van der Waals surface area contributed by atoms with Crippen LogP contribution in [0.3, 0.4) is 0 Å². The van der Waals surface area contributed by atoms with Crippen LogP contribution in [0.1, 0.15) is 58.3 Å². The number of Topliss-reactive ketones (excluding diaryl/α,β-unsaturated/α-hetero) is 1. The number of hydrogen-bond donors (Lipinski definition) is 1. The van der Waals surface area contributed by atoms with Crippen molar-refractivity contribution in [2.45, 2.75) is 63.9 Å². The van der Waals surface area contributed by atoms with Crippen LogP contribution in [-0.4, -0.2) is 22.3 Å². The summed E-state index contributed by atoms with van der Waals surface area (Å²) in [6.07, 6.45) is 8.25. The first-order valence-electron chi connectivity index (χ1n) is 8.44. The molecular weight excluding hydrogens is 264 g/mol. The molecule has 0 saturated heterocycles. The van der Waals surface area contributed by atoms with Gasteiger partial charge < -0.3 is 5.11 Å². The first kappa shape index (κ1) is 13.7. The molecular formula is C18H24O3. The molecule has 0 aromatic rings. The molecule has 0 radical (unpaired) electrons. The van der Waals surface area contributed by atoms with Crippen LogP contribution in [0.2, 0.25) is 0 Å². The molecule has 4 aliphatic rings. The van der Waals surface area contributed by atoms with Crippen molar-refractivity contribution in [1.82, 2.24) is 0 Å². The van der Waals surface area contributed by atoms with Crippen LogP contribution < -0.4 is 0 Å². The number of aliphatic hydroxyl groups is 1. The molecule has 4 rings (SSSR count). The van der Waals surface area contributed by atoms with E-state index in [-0.39, 0.29) is 23.0 Å². The maximum absolute atomic E-state index is 12.3. The quantitative estimate of drug-likeness (QED) is 0.745. The second-order valence-electron chi connectivity index (χ2n) is 7.90. The summed E-state index contributed by atoms with van der Waals surface area (Å²) in [4.78, 5) is 24.0. The van der Waals surface area contributed by atoms with Crippen molar-refractivity contribution >= 4 is 11.6 Å². The van der Waals surface area contributed by atoms with E-state index in [1.807, 2.05) is 0 Å². The second kappa shape index (κ2) is 4.28. The van der Waals surface area contributed by atoms with E-state index < -0.39 is 5.60 Å². The van der Waals surface area contributed by atoms with E-state index in [1.165, 1.54) is 5.57 Å². The van der Waals surface area contributed by atoms with Gasteiger partial charge in [0, 0.05) is 24.2 Å². The number of carbonyl (C=O) groups excluding carboxylic acids is 2. The van der Waals surface area contributed by atoms with Gasteiger partial charge in [0.15, 0.2) is 5.78 Å². The van der Waals surface area contributed by atoms with Gasteiger partial charge in [-0.05, 0) is 56.4 Å². The normalized spacial score (nSPS) is 49.2. The number of rotatable bonds is 0. The van der Waals surface area contributed by atoms with E-state index >= 15 is 0 Å². The fraction of sp³-hybridized carbons (Fsp3) is 0.778. The molecule has 0 bridgehead atoms. The summed E-state index contributed by atoms with van der Waals surface area (Å²) in [6.45, 7) is 2.13. The lowest BCUT2D eigenvalue weighted by atomic mass is 9.50. The summed E-state index contributed by atoms with van der Waals surface area (Å²) in [5, 5.41) is 11.5. The van der Waals surface area contributed by atoms with Gasteiger partial charge in [0.2, 0.25) is 0 Å². The van der Waals surface area contributed by atoms with Crippen molar-refractivity contribution in [3.05, 3.63) is 11.6 Å². The Hall–Kier alpha value is -0.960. The molecule has 0 amide bonds. The van der Waals surface area contributed by atoms with Gasteiger partial charge >= 0.3 is 0 Å². The largest absolute Gasteiger partial charge is 0.389 e. The Kier molecular flexibility index (Phi) is 2.79. The monoisotopic (exact) mass is 288 g/mol. The van der Waals surface area contributed by atoms with Gasteiger partial charge in [0.05, 0.1) is 5.60 Å². The van der Waals surface area contributed by atoms with Gasteiger partial charge in [-0.2, -0.15) is 0 Å². The maximum atomic E-state index is 12.3. The number of carbonyl (C=O) groups is 2.